The Balaban J connectivity index is 3.23. The number of carbonyl (C=O) groups is 1. The van der Waals surface area contributed by atoms with Gasteiger partial charge in [-0.25, -0.2) is 14.8 Å². The standard InChI is InChI=1S/C7H9N3O2/c1-2-4-5(8)6(7(11)12)10-3-9-4/h3H,2,8H2,1H3,(H,11,12). The Morgan fingerprint density at radius 3 is 2.83 bits per heavy atom. The van der Waals surface area contributed by atoms with Gasteiger partial charge in [0.15, 0.2) is 5.69 Å². The van der Waals surface area contributed by atoms with E-state index in [1.54, 1.807) is 0 Å². The second-order valence-electron chi connectivity index (χ2n) is 2.24. The van der Waals surface area contributed by atoms with Crippen molar-refractivity contribution in [2.45, 2.75) is 13.3 Å². The van der Waals surface area contributed by atoms with Crippen LogP contribution in [-0.4, -0.2) is 21.0 Å². The van der Waals surface area contributed by atoms with Gasteiger partial charge < -0.3 is 10.8 Å². The maximum atomic E-state index is 10.5. The summed E-state index contributed by atoms with van der Waals surface area (Å²) in [5.74, 6) is -1.12. The van der Waals surface area contributed by atoms with Crippen LogP contribution in [0.15, 0.2) is 6.33 Å². The van der Waals surface area contributed by atoms with Gasteiger partial charge in [0.1, 0.15) is 6.33 Å². The molecule has 64 valence electrons. The minimum atomic E-state index is -1.12. The molecule has 0 aliphatic rings. The number of aromatic carboxylic acids is 1. The third-order valence-electron chi connectivity index (χ3n) is 1.50. The van der Waals surface area contributed by atoms with Crippen molar-refractivity contribution >= 4 is 11.7 Å². The lowest BCUT2D eigenvalue weighted by Crippen LogP contribution is -2.09. The zero-order valence-electron chi connectivity index (χ0n) is 6.61. The molecule has 5 heteroatoms. The first kappa shape index (κ1) is 8.45. The Bertz CT molecular complexity index is 312. The molecular weight excluding hydrogens is 158 g/mol. The van der Waals surface area contributed by atoms with E-state index in [4.69, 9.17) is 10.8 Å². The monoisotopic (exact) mass is 167 g/mol. The number of aromatic nitrogens is 2. The second-order valence-corrected chi connectivity index (χ2v) is 2.24. The zero-order chi connectivity index (χ0) is 9.14. The Kier molecular flexibility index (Phi) is 2.23. The molecule has 12 heavy (non-hydrogen) atoms. The summed E-state index contributed by atoms with van der Waals surface area (Å²) in [5.41, 5.74) is 6.10. The molecule has 3 N–H and O–H groups in total. The number of hydrogen-bond acceptors (Lipinski definition) is 4. The fourth-order valence-corrected chi connectivity index (χ4v) is 0.884. The summed E-state index contributed by atoms with van der Waals surface area (Å²) < 4.78 is 0. The number of anilines is 1. The second kappa shape index (κ2) is 3.17. The van der Waals surface area contributed by atoms with Crippen molar-refractivity contribution in [3.05, 3.63) is 17.7 Å². The zero-order valence-corrected chi connectivity index (χ0v) is 6.61. The van der Waals surface area contributed by atoms with Gasteiger partial charge in [-0.1, -0.05) is 6.92 Å². The van der Waals surface area contributed by atoms with E-state index in [0.717, 1.165) is 0 Å². The summed E-state index contributed by atoms with van der Waals surface area (Å²) in [4.78, 5) is 17.9. The Morgan fingerprint density at radius 2 is 2.33 bits per heavy atom. The van der Waals surface area contributed by atoms with Crippen molar-refractivity contribution in [2.75, 3.05) is 5.73 Å². The smallest absolute Gasteiger partial charge is 0.356 e. The van der Waals surface area contributed by atoms with Crippen LogP contribution >= 0.6 is 0 Å². The molecule has 1 aromatic heterocycles. The molecule has 0 aliphatic carbocycles. The summed E-state index contributed by atoms with van der Waals surface area (Å²) in [7, 11) is 0. The molecule has 0 bridgehead atoms. The summed E-state index contributed by atoms with van der Waals surface area (Å²) in [6.07, 6.45) is 1.81. The molecule has 1 rings (SSSR count). The number of aryl methyl sites for hydroxylation is 1. The maximum Gasteiger partial charge on any atom is 0.356 e. The molecule has 0 saturated heterocycles. The highest BCUT2D eigenvalue weighted by Crippen LogP contribution is 2.12. The minimum absolute atomic E-state index is 0.123. The first-order valence-corrected chi connectivity index (χ1v) is 3.49. The summed E-state index contributed by atoms with van der Waals surface area (Å²) >= 11 is 0. The van der Waals surface area contributed by atoms with E-state index in [1.165, 1.54) is 6.33 Å². The van der Waals surface area contributed by atoms with Crippen LogP contribution < -0.4 is 5.73 Å². The first-order valence-electron chi connectivity index (χ1n) is 3.49. The molecular formula is C7H9N3O2. The molecule has 0 radical (unpaired) electrons. The number of nitrogen functional groups attached to an aromatic ring is 1. The van der Waals surface area contributed by atoms with Gasteiger partial charge >= 0.3 is 5.97 Å². The third kappa shape index (κ3) is 1.34. The van der Waals surface area contributed by atoms with E-state index in [2.05, 4.69) is 9.97 Å². The lowest BCUT2D eigenvalue weighted by atomic mass is 10.2. The molecule has 0 aromatic carbocycles. The van der Waals surface area contributed by atoms with Gasteiger partial charge in [0, 0.05) is 0 Å². The summed E-state index contributed by atoms with van der Waals surface area (Å²) in [5, 5.41) is 8.62. The highest BCUT2D eigenvalue weighted by molar-refractivity contribution is 5.91. The van der Waals surface area contributed by atoms with Crippen LogP contribution in [0.5, 0.6) is 0 Å². The van der Waals surface area contributed by atoms with Gasteiger partial charge in [-0.3, -0.25) is 0 Å². The number of carboxylic acids is 1. The molecule has 0 fully saturated rings. The van der Waals surface area contributed by atoms with Crippen LogP contribution in [0.25, 0.3) is 0 Å². The predicted octanol–water partition coefficient (Wildman–Crippen LogP) is 0.319. The average Bonchev–Trinajstić information content (AvgIpc) is 2.04. The van der Waals surface area contributed by atoms with Crippen molar-refractivity contribution in [1.29, 1.82) is 0 Å². The van der Waals surface area contributed by atoms with Crippen molar-refractivity contribution < 1.29 is 9.90 Å². The highest BCUT2D eigenvalue weighted by Gasteiger charge is 2.12. The van der Waals surface area contributed by atoms with E-state index in [0.29, 0.717) is 12.1 Å². The van der Waals surface area contributed by atoms with Crippen LogP contribution in [0, 0.1) is 0 Å². The molecule has 0 spiro atoms. The number of hydrogen-bond donors (Lipinski definition) is 2. The molecule has 1 heterocycles. The fraction of sp³-hybridized carbons (Fsp3) is 0.286. The van der Waals surface area contributed by atoms with Crippen LogP contribution in [0.2, 0.25) is 0 Å². The maximum absolute atomic E-state index is 10.5. The van der Waals surface area contributed by atoms with Gasteiger partial charge in [-0.05, 0) is 6.42 Å². The lowest BCUT2D eigenvalue weighted by molar-refractivity contribution is 0.0691. The average molecular weight is 167 g/mol. The Hall–Kier alpha value is -1.65. The third-order valence-corrected chi connectivity index (χ3v) is 1.50. The molecule has 5 nitrogen and oxygen atoms in total. The van der Waals surface area contributed by atoms with E-state index >= 15 is 0 Å². The number of nitrogens with zero attached hydrogens (tertiary/aromatic N) is 2. The normalized spacial score (nSPS) is 9.75. The molecule has 0 saturated carbocycles. The summed E-state index contributed by atoms with van der Waals surface area (Å²) in [6.45, 7) is 1.85. The van der Waals surface area contributed by atoms with Crippen molar-refractivity contribution in [3.8, 4) is 0 Å². The van der Waals surface area contributed by atoms with Gasteiger partial charge in [0.25, 0.3) is 0 Å². The minimum Gasteiger partial charge on any atom is -0.476 e. The lowest BCUT2D eigenvalue weighted by Gasteiger charge is -2.02. The largest absolute Gasteiger partial charge is 0.476 e. The number of rotatable bonds is 2. The van der Waals surface area contributed by atoms with E-state index in [9.17, 15) is 4.79 Å². The van der Waals surface area contributed by atoms with Crippen LogP contribution in [0.1, 0.15) is 23.1 Å². The van der Waals surface area contributed by atoms with Crippen molar-refractivity contribution in [3.63, 3.8) is 0 Å². The van der Waals surface area contributed by atoms with E-state index < -0.39 is 5.97 Å². The first-order chi connectivity index (χ1) is 5.66. The Morgan fingerprint density at radius 1 is 1.67 bits per heavy atom. The fourth-order valence-electron chi connectivity index (χ4n) is 0.884. The number of carboxylic acid groups (broad SMARTS) is 1. The summed E-state index contributed by atoms with van der Waals surface area (Å²) in [6, 6.07) is 0. The molecule has 0 amide bonds. The highest BCUT2D eigenvalue weighted by atomic mass is 16.4. The molecule has 0 atom stereocenters. The van der Waals surface area contributed by atoms with E-state index in [-0.39, 0.29) is 11.4 Å². The van der Waals surface area contributed by atoms with Crippen LogP contribution in [-0.2, 0) is 6.42 Å². The van der Waals surface area contributed by atoms with Gasteiger partial charge in [-0.15, -0.1) is 0 Å². The van der Waals surface area contributed by atoms with Gasteiger partial charge in [-0.2, -0.15) is 0 Å². The molecule has 1 aromatic rings. The van der Waals surface area contributed by atoms with Crippen LogP contribution in [0.3, 0.4) is 0 Å². The van der Waals surface area contributed by atoms with Crippen molar-refractivity contribution in [1.82, 2.24) is 9.97 Å². The molecule has 0 aliphatic heterocycles. The Labute approximate surface area is 69.3 Å². The SMILES string of the molecule is CCc1ncnc(C(=O)O)c1N. The van der Waals surface area contributed by atoms with Crippen LogP contribution in [0.4, 0.5) is 5.69 Å². The molecule has 0 unspecified atom stereocenters. The quantitative estimate of drug-likeness (QED) is 0.662. The van der Waals surface area contributed by atoms with Gasteiger partial charge in [0.05, 0.1) is 11.4 Å². The van der Waals surface area contributed by atoms with E-state index in [1.807, 2.05) is 6.92 Å². The predicted molar refractivity (Wildman–Crippen MR) is 42.8 cm³/mol. The number of nitrogens with two attached hydrogens (primary N) is 1. The topological polar surface area (TPSA) is 89.1 Å². The van der Waals surface area contributed by atoms with Gasteiger partial charge in [0.2, 0.25) is 0 Å². The van der Waals surface area contributed by atoms with Crippen molar-refractivity contribution in [2.24, 2.45) is 0 Å².